The van der Waals surface area contributed by atoms with Gasteiger partial charge in [0.1, 0.15) is 6.04 Å². The minimum atomic E-state index is -0.977. The summed E-state index contributed by atoms with van der Waals surface area (Å²) in [4.78, 5) is 39.5. The zero-order chi connectivity index (χ0) is 20.8. The molecule has 1 fully saturated rings. The van der Waals surface area contributed by atoms with Crippen LogP contribution in [0.5, 0.6) is 0 Å². The Balaban J connectivity index is 0.00000320. The quantitative estimate of drug-likeness (QED) is 0.618. The number of rotatable bonds is 7. The van der Waals surface area contributed by atoms with Crippen molar-refractivity contribution in [3.05, 3.63) is 66.2 Å². The van der Waals surface area contributed by atoms with E-state index in [2.05, 4.69) is 0 Å². The van der Waals surface area contributed by atoms with Crippen LogP contribution in [0.3, 0.4) is 0 Å². The van der Waals surface area contributed by atoms with E-state index in [1.807, 2.05) is 36.4 Å². The number of hydrogen-bond donors (Lipinski definition) is 1. The molecule has 3 rings (SSSR count). The average molecular weight is 472 g/mol. The third-order valence-electron chi connectivity index (χ3n) is 4.77. The Morgan fingerprint density at radius 2 is 1.70 bits per heavy atom. The van der Waals surface area contributed by atoms with Crippen LogP contribution in [0.25, 0.3) is 0 Å². The first-order chi connectivity index (χ1) is 14.0. The minimum absolute atomic E-state index is 0. The van der Waals surface area contributed by atoms with E-state index < -0.39 is 17.9 Å². The standard InChI is InChI=1S/C22H23NO4S2.Ca.2H/c1-15(14-28-22(27)16-8-4-2-5-9-16)20(24)23-13-18(12-19(23)21(25)26)29-17-10-6-3-7-11-17;;;/h2-11,15,18-19H,12-14H2,1H3,(H,25,26);;;/q;+2;2*-1/t15-,18+,19+;;;/m1.../s1. The van der Waals surface area contributed by atoms with E-state index in [9.17, 15) is 19.5 Å². The van der Waals surface area contributed by atoms with Gasteiger partial charge in [-0.1, -0.05) is 67.2 Å². The van der Waals surface area contributed by atoms with Crippen molar-refractivity contribution in [3.63, 3.8) is 0 Å². The van der Waals surface area contributed by atoms with E-state index in [0.29, 0.717) is 24.3 Å². The molecule has 3 atom stereocenters. The van der Waals surface area contributed by atoms with Crippen LogP contribution in [0.2, 0.25) is 0 Å². The van der Waals surface area contributed by atoms with Crippen LogP contribution in [0, 0.1) is 5.92 Å². The fourth-order valence-corrected chi connectivity index (χ4v) is 5.32. The van der Waals surface area contributed by atoms with Gasteiger partial charge in [-0.05, 0) is 18.6 Å². The van der Waals surface area contributed by atoms with E-state index in [1.165, 1.54) is 4.90 Å². The Bertz CT molecular complexity index is 877. The second-order valence-electron chi connectivity index (χ2n) is 7.00. The molecule has 5 nitrogen and oxygen atoms in total. The number of nitrogens with zero attached hydrogens (tertiary/aromatic N) is 1. The molecule has 1 aliphatic heterocycles. The maximum atomic E-state index is 12.9. The van der Waals surface area contributed by atoms with Gasteiger partial charge in [-0.15, -0.1) is 11.8 Å². The second kappa shape index (κ2) is 12.1. The molecular formula is C22H25CaNO4S2. The normalized spacial score (nSPS) is 19.0. The van der Waals surface area contributed by atoms with Crippen LogP contribution in [0.15, 0.2) is 65.6 Å². The van der Waals surface area contributed by atoms with Crippen molar-refractivity contribution in [2.45, 2.75) is 29.5 Å². The van der Waals surface area contributed by atoms with E-state index >= 15 is 0 Å². The maximum absolute atomic E-state index is 12.9. The number of likely N-dealkylation sites (tertiary alicyclic amines) is 1. The molecule has 2 aromatic carbocycles. The van der Waals surface area contributed by atoms with Crippen molar-refractivity contribution >= 4 is 78.3 Å². The molecule has 1 saturated heterocycles. The molecule has 1 aliphatic rings. The molecule has 1 heterocycles. The fourth-order valence-electron chi connectivity index (χ4n) is 3.26. The number of amides is 1. The average Bonchev–Trinajstić information content (AvgIpc) is 3.16. The van der Waals surface area contributed by atoms with E-state index in [4.69, 9.17) is 0 Å². The third-order valence-corrected chi connectivity index (χ3v) is 7.16. The van der Waals surface area contributed by atoms with Crippen LogP contribution in [-0.2, 0) is 9.59 Å². The molecule has 0 bridgehead atoms. The monoisotopic (exact) mass is 471 g/mol. The van der Waals surface area contributed by atoms with Gasteiger partial charge >= 0.3 is 43.7 Å². The van der Waals surface area contributed by atoms with Crippen molar-refractivity contribution in [2.75, 3.05) is 12.3 Å². The van der Waals surface area contributed by atoms with Crippen molar-refractivity contribution in [1.82, 2.24) is 4.90 Å². The molecule has 1 N–H and O–H groups in total. The van der Waals surface area contributed by atoms with Crippen LogP contribution >= 0.6 is 23.5 Å². The molecule has 0 radical (unpaired) electrons. The first-order valence-corrected chi connectivity index (χ1v) is 11.3. The Kier molecular flexibility index (Phi) is 10.2. The van der Waals surface area contributed by atoms with E-state index in [0.717, 1.165) is 16.7 Å². The summed E-state index contributed by atoms with van der Waals surface area (Å²) < 4.78 is 0. The smallest absolute Gasteiger partial charge is 1.00 e. The molecule has 8 heteroatoms. The number of carboxylic acid groups (broad SMARTS) is 1. The van der Waals surface area contributed by atoms with Gasteiger partial charge in [0.2, 0.25) is 11.0 Å². The summed E-state index contributed by atoms with van der Waals surface area (Å²) >= 11 is 2.70. The van der Waals surface area contributed by atoms with Crippen LogP contribution in [0.4, 0.5) is 0 Å². The van der Waals surface area contributed by atoms with Crippen molar-refractivity contribution in [2.24, 2.45) is 5.92 Å². The molecular weight excluding hydrogens is 446 g/mol. The maximum Gasteiger partial charge on any atom is 2.00 e. The second-order valence-corrected chi connectivity index (χ2v) is 9.37. The Labute approximate surface area is 218 Å². The molecule has 0 spiro atoms. The Morgan fingerprint density at radius 1 is 1.10 bits per heavy atom. The van der Waals surface area contributed by atoms with Crippen molar-refractivity contribution in [3.8, 4) is 0 Å². The van der Waals surface area contributed by atoms with Gasteiger partial charge in [-0.2, -0.15) is 0 Å². The number of carbonyl (C=O) groups is 3. The van der Waals surface area contributed by atoms with Gasteiger partial charge in [0.05, 0.1) is 0 Å². The molecule has 0 aliphatic carbocycles. The first-order valence-electron chi connectivity index (χ1n) is 9.43. The number of thioether (sulfide) groups is 2. The van der Waals surface area contributed by atoms with Crippen molar-refractivity contribution in [1.29, 1.82) is 0 Å². The van der Waals surface area contributed by atoms with Crippen molar-refractivity contribution < 1.29 is 22.3 Å². The third kappa shape index (κ3) is 6.75. The first kappa shape index (κ1) is 25.3. The van der Waals surface area contributed by atoms with Gasteiger partial charge in [-0.3, -0.25) is 9.59 Å². The van der Waals surface area contributed by atoms with Crippen LogP contribution in [-0.4, -0.2) is 88.3 Å². The number of carboxylic acids is 1. The van der Waals surface area contributed by atoms with E-state index in [1.54, 1.807) is 43.0 Å². The van der Waals surface area contributed by atoms with Gasteiger partial charge in [-0.25, -0.2) is 4.79 Å². The van der Waals surface area contributed by atoms with Gasteiger partial charge < -0.3 is 12.9 Å². The SMILES string of the molecule is C[C@H](CSC(=O)c1ccccc1)C(=O)N1C[C@@H](Sc2ccccc2)C[C@H]1C(=O)O.[Ca+2].[H-].[H-]. The number of benzene rings is 2. The topological polar surface area (TPSA) is 74.7 Å². The zero-order valence-corrected chi connectivity index (χ0v) is 20.6. The summed E-state index contributed by atoms with van der Waals surface area (Å²) in [6, 6.07) is 17.9. The predicted octanol–water partition coefficient (Wildman–Crippen LogP) is 3.89. The molecule has 0 saturated carbocycles. The summed E-state index contributed by atoms with van der Waals surface area (Å²) in [5.41, 5.74) is 0.598. The number of hydrogen-bond acceptors (Lipinski definition) is 5. The van der Waals surface area contributed by atoms with Gasteiger partial charge in [0, 0.05) is 33.9 Å². The molecule has 1 amide bonds. The van der Waals surface area contributed by atoms with E-state index in [-0.39, 0.29) is 56.9 Å². The fraction of sp³-hybridized carbons (Fsp3) is 0.318. The summed E-state index contributed by atoms with van der Waals surface area (Å²) in [6.45, 7) is 2.15. The largest absolute Gasteiger partial charge is 2.00 e. The summed E-state index contributed by atoms with van der Waals surface area (Å²) in [5, 5.41) is 9.55. The summed E-state index contributed by atoms with van der Waals surface area (Å²) in [7, 11) is 0. The minimum Gasteiger partial charge on any atom is -1.00 e. The molecule has 156 valence electrons. The molecule has 0 unspecified atom stereocenters. The summed E-state index contributed by atoms with van der Waals surface area (Å²) in [6.07, 6.45) is 0.420. The van der Waals surface area contributed by atoms with Gasteiger partial charge in [0.15, 0.2) is 0 Å². The molecule has 30 heavy (non-hydrogen) atoms. The van der Waals surface area contributed by atoms with Crippen LogP contribution < -0.4 is 0 Å². The zero-order valence-electron chi connectivity index (χ0n) is 18.8. The molecule has 0 aromatic heterocycles. The summed E-state index contributed by atoms with van der Waals surface area (Å²) in [5.74, 6) is -1.29. The van der Waals surface area contributed by atoms with Gasteiger partial charge in [0.25, 0.3) is 0 Å². The predicted molar refractivity (Wildman–Crippen MR) is 124 cm³/mol. The Hall–Kier alpha value is -0.990. The molecule has 2 aromatic rings. The Morgan fingerprint density at radius 3 is 2.30 bits per heavy atom. The number of aliphatic carboxylic acids is 1. The number of carbonyl (C=O) groups excluding carboxylic acids is 2. The van der Waals surface area contributed by atoms with Crippen LogP contribution in [0.1, 0.15) is 26.6 Å².